The van der Waals surface area contributed by atoms with E-state index < -0.39 is 6.09 Å². The number of rotatable bonds is 11. The highest BCUT2D eigenvalue weighted by Gasteiger charge is 2.32. The Balaban J connectivity index is 1.62. The van der Waals surface area contributed by atoms with Crippen LogP contribution in [0.25, 0.3) is 0 Å². The Hall–Kier alpha value is -2.07. The van der Waals surface area contributed by atoms with E-state index in [1.165, 1.54) is 13.5 Å². The Morgan fingerprint density at radius 1 is 1.24 bits per heavy atom. The van der Waals surface area contributed by atoms with E-state index in [0.717, 1.165) is 57.4 Å². The zero-order chi connectivity index (χ0) is 26.5. The number of ether oxygens (including phenoxy) is 3. The van der Waals surface area contributed by atoms with Gasteiger partial charge in [-0.2, -0.15) is 0 Å². The third kappa shape index (κ3) is 9.96. The number of likely N-dealkylation sites (tertiary alicyclic amines) is 1. The first-order valence-electron chi connectivity index (χ1n) is 13.5. The number of nitrogens with one attached hydrogen (secondary N) is 3. The topological polar surface area (TPSA) is 101 Å². The van der Waals surface area contributed by atoms with E-state index in [4.69, 9.17) is 21.1 Å². The van der Waals surface area contributed by atoms with E-state index in [9.17, 15) is 9.59 Å². The molecule has 3 rings (SSSR count). The van der Waals surface area contributed by atoms with Crippen molar-refractivity contribution in [3.8, 4) is 0 Å². The van der Waals surface area contributed by atoms with Crippen LogP contribution in [0.4, 0.5) is 9.59 Å². The molecule has 2 fully saturated rings. The first-order valence-corrected chi connectivity index (χ1v) is 13.8. The Kier molecular flexibility index (Phi) is 12.8. The summed E-state index contributed by atoms with van der Waals surface area (Å²) in [6.45, 7) is 4.29. The van der Waals surface area contributed by atoms with Crippen molar-refractivity contribution in [2.45, 2.75) is 50.7 Å². The molecular formula is C27H43ClN4O5. The van der Waals surface area contributed by atoms with Crippen molar-refractivity contribution in [1.29, 1.82) is 0 Å². The van der Waals surface area contributed by atoms with E-state index in [1.807, 2.05) is 36.2 Å². The number of alkyl carbamates (subject to hydrolysis) is 1. The normalized spacial score (nSPS) is 22.0. The van der Waals surface area contributed by atoms with Gasteiger partial charge in [0.2, 0.25) is 0 Å². The van der Waals surface area contributed by atoms with Crippen LogP contribution in [-0.4, -0.2) is 83.2 Å². The lowest BCUT2D eigenvalue weighted by Gasteiger charge is -2.38. The Bertz CT molecular complexity index is 837. The Morgan fingerprint density at radius 2 is 2.11 bits per heavy atom. The maximum Gasteiger partial charge on any atom is 0.406 e. The smallest absolute Gasteiger partial charge is 0.406 e. The number of hydrogen-bond acceptors (Lipinski definition) is 6. The molecule has 1 aromatic carbocycles. The first kappa shape index (κ1) is 29.5. The van der Waals surface area contributed by atoms with Crippen molar-refractivity contribution in [2.75, 3.05) is 60.2 Å². The molecule has 2 aliphatic rings. The molecule has 208 valence electrons. The zero-order valence-corrected chi connectivity index (χ0v) is 22.9. The molecule has 3 N–H and O–H groups in total. The van der Waals surface area contributed by atoms with Gasteiger partial charge in [-0.3, -0.25) is 0 Å². The molecule has 3 amide bonds. The van der Waals surface area contributed by atoms with Crippen molar-refractivity contribution in [3.05, 3.63) is 34.9 Å². The molecule has 2 aliphatic heterocycles. The lowest BCUT2D eigenvalue weighted by molar-refractivity contribution is -0.00866. The van der Waals surface area contributed by atoms with Gasteiger partial charge in [0, 0.05) is 56.4 Å². The number of piperidine rings is 1. The number of nitrogens with zero attached hydrogens (tertiary/aromatic N) is 1. The Labute approximate surface area is 225 Å². The van der Waals surface area contributed by atoms with Crippen LogP contribution in [0, 0.1) is 11.8 Å². The van der Waals surface area contributed by atoms with Crippen LogP contribution in [-0.2, 0) is 14.2 Å². The number of urea groups is 1. The van der Waals surface area contributed by atoms with E-state index >= 15 is 0 Å². The lowest BCUT2D eigenvalue weighted by atomic mass is 9.88. The highest BCUT2D eigenvalue weighted by Crippen LogP contribution is 2.34. The maximum absolute atomic E-state index is 13.4. The fraction of sp³-hybridized carbons (Fsp3) is 0.704. The summed E-state index contributed by atoms with van der Waals surface area (Å²) in [6, 6.07) is 7.68. The zero-order valence-electron chi connectivity index (χ0n) is 22.2. The highest BCUT2D eigenvalue weighted by atomic mass is 35.5. The van der Waals surface area contributed by atoms with Crippen molar-refractivity contribution in [3.63, 3.8) is 0 Å². The summed E-state index contributed by atoms with van der Waals surface area (Å²) in [6.07, 6.45) is 5.44. The van der Waals surface area contributed by atoms with Crippen molar-refractivity contribution in [1.82, 2.24) is 20.9 Å². The van der Waals surface area contributed by atoms with Gasteiger partial charge in [-0.15, -0.1) is 0 Å². The SMILES string of the molecule is CNCC(CC1CCCCOC1)NC(=O)N1CCCC([C@@H](OCCNC(=O)OC)c2cccc(Cl)c2)C1. The minimum Gasteiger partial charge on any atom is -0.453 e. The van der Waals surface area contributed by atoms with Crippen molar-refractivity contribution >= 4 is 23.7 Å². The fourth-order valence-electron chi connectivity index (χ4n) is 5.31. The largest absolute Gasteiger partial charge is 0.453 e. The number of carbonyl (C=O) groups excluding carboxylic acids is 2. The maximum atomic E-state index is 13.4. The second kappa shape index (κ2) is 16.0. The number of benzene rings is 1. The van der Waals surface area contributed by atoms with Crippen LogP contribution in [0.3, 0.4) is 0 Å². The second-order valence-corrected chi connectivity index (χ2v) is 10.4. The van der Waals surface area contributed by atoms with Crippen LogP contribution in [0.2, 0.25) is 5.02 Å². The van der Waals surface area contributed by atoms with E-state index in [1.54, 1.807) is 0 Å². The fourth-order valence-corrected chi connectivity index (χ4v) is 5.50. The number of likely N-dealkylation sites (N-methyl/N-ethyl adjacent to an activating group) is 1. The molecule has 0 aromatic heterocycles. The second-order valence-electron chi connectivity index (χ2n) is 9.99. The lowest BCUT2D eigenvalue weighted by Crippen LogP contribution is -2.52. The summed E-state index contributed by atoms with van der Waals surface area (Å²) < 4.78 is 16.7. The first-order chi connectivity index (χ1) is 18.0. The van der Waals surface area contributed by atoms with Crippen LogP contribution in [0.5, 0.6) is 0 Å². The number of methoxy groups -OCH3 is 1. The summed E-state index contributed by atoms with van der Waals surface area (Å²) in [5.74, 6) is 0.573. The third-order valence-corrected chi connectivity index (χ3v) is 7.34. The van der Waals surface area contributed by atoms with Gasteiger partial charge >= 0.3 is 12.1 Å². The van der Waals surface area contributed by atoms with E-state index in [2.05, 4.69) is 20.7 Å². The van der Waals surface area contributed by atoms with Crippen LogP contribution in [0.1, 0.15) is 50.2 Å². The molecule has 4 atom stereocenters. The highest BCUT2D eigenvalue weighted by molar-refractivity contribution is 6.30. The number of carbonyl (C=O) groups is 2. The molecule has 2 saturated heterocycles. The van der Waals surface area contributed by atoms with Gasteiger partial charge in [-0.05, 0) is 62.8 Å². The van der Waals surface area contributed by atoms with E-state index in [-0.39, 0.29) is 24.1 Å². The molecule has 9 nitrogen and oxygen atoms in total. The van der Waals surface area contributed by atoms with Crippen LogP contribution < -0.4 is 16.0 Å². The molecule has 0 aliphatic carbocycles. The number of halogens is 1. The molecule has 2 heterocycles. The minimum absolute atomic E-state index is 0.0308. The summed E-state index contributed by atoms with van der Waals surface area (Å²) in [4.78, 5) is 26.7. The van der Waals surface area contributed by atoms with Crippen LogP contribution >= 0.6 is 11.6 Å². The van der Waals surface area contributed by atoms with Gasteiger partial charge in [0.15, 0.2) is 0 Å². The molecular weight excluding hydrogens is 496 g/mol. The molecule has 1 aromatic rings. The van der Waals surface area contributed by atoms with Gasteiger partial charge in [0.1, 0.15) is 0 Å². The van der Waals surface area contributed by atoms with E-state index in [0.29, 0.717) is 37.2 Å². The molecule has 0 saturated carbocycles. The third-order valence-electron chi connectivity index (χ3n) is 7.11. The van der Waals surface area contributed by atoms with Gasteiger partial charge in [-0.25, -0.2) is 9.59 Å². The average molecular weight is 539 g/mol. The average Bonchev–Trinajstić information content (AvgIpc) is 3.17. The van der Waals surface area contributed by atoms with Crippen molar-refractivity contribution < 1.29 is 23.8 Å². The summed E-state index contributed by atoms with van der Waals surface area (Å²) >= 11 is 6.29. The minimum atomic E-state index is -0.491. The predicted octanol–water partition coefficient (Wildman–Crippen LogP) is 3.97. The monoisotopic (exact) mass is 538 g/mol. The molecule has 0 radical (unpaired) electrons. The predicted molar refractivity (Wildman–Crippen MR) is 144 cm³/mol. The Morgan fingerprint density at radius 3 is 2.89 bits per heavy atom. The van der Waals surface area contributed by atoms with Gasteiger partial charge in [0.25, 0.3) is 0 Å². The molecule has 37 heavy (non-hydrogen) atoms. The summed E-state index contributed by atoms with van der Waals surface area (Å²) in [5, 5.41) is 9.80. The number of amides is 3. The standard InChI is InChI=1S/C27H43ClN4O5/c1-29-17-24(15-20-7-3-4-13-36-19-20)31-26(33)32-12-6-9-22(18-32)25(21-8-5-10-23(28)16-21)37-14-11-30-27(34)35-2/h5,8,10,16,20,22,24-25,29H,3-4,6-7,9,11-15,17-19H2,1-2H3,(H,30,34)(H,31,33)/t20?,22?,24?,25-/m0/s1. The number of hydrogen-bond donors (Lipinski definition) is 3. The summed E-state index contributed by atoms with van der Waals surface area (Å²) in [7, 11) is 3.25. The quantitative estimate of drug-likeness (QED) is 0.369. The van der Waals surface area contributed by atoms with Gasteiger partial charge in [-0.1, -0.05) is 30.2 Å². The summed E-state index contributed by atoms with van der Waals surface area (Å²) in [5.41, 5.74) is 0.972. The molecule has 3 unspecified atom stereocenters. The molecule has 10 heteroatoms. The van der Waals surface area contributed by atoms with Gasteiger partial charge in [0.05, 0.1) is 19.8 Å². The molecule has 0 bridgehead atoms. The van der Waals surface area contributed by atoms with Gasteiger partial charge < -0.3 is 35.1 Å². The van der Waals surface area contributed by atoms with Crippen LogP contribution in [0.15, 0.2) is 24.3 Å². The molecule has 0 spiro atoms. The van der Waals surface area contributed by atoms with Crippen molar-refractivity contribution in [2.24, 2.45) is 11.8 Å².